The number of rotatable bonds is 5. The molecule has 2 heterocycles. The number of nitrogens with one attached hydrogen (secondary N) is 1. The summed E-state index contributed by atoms with van der Waals surface area (Å²) in [6.07, 6.45) is 2.77. The Morgan fingerprint density at radius 2 is 1.92 bits per heavy atom. The highest BCUT2D eigenvalue weighted by Gasteiger charge is 2.17. The first-order valence-corrected chi connectivity index (χ1v) is 9.61. The average molecular weight is 363 g/mol. The smallest absolute Gasteiger partial charge is 0.325 e. The van der Waals surface area contributed by atoms with Crippen LogP contribution in [0.15, 0.2) is 36.5 Å². The van der Waals surface area contributed by atoms with Gasteiger partial charge in [-0.25, -0.2) is 0 Å². The number of carbonyl (C=O) groups excluding carboxylic acids is 1. The van der Waals surface area contributed by atoms with Gasteiger partial charge >= 0.3 is 5.97 Å². The number of hydrogen-bond acceptors (Lipinski definition) is 5. The van der Waals surface area contributed by atoms with Crippen molar-refractivity contribution >= 4 is 41.2 Å². The zero-order valence-corrected chi connectivity index (χ0v) is 14.5. The fraction of sp³-hybridized carbons (Fsp3) is 0.312. The highest BCUT2D eigenvalue weighted by molar-refractivity contribution is 8.16. The Morgan fingerprint density at radius 3 is 2.58 bits per heavy atom. The van der Waals surface area contributed by atoms with Crippen LogP contribution in [0, 0.1) is 0 Å². The summed E-state index contributed by atoms with van der Waals surface area (Å²) in [5.74, 6) is 1.46. The van der Waals surface area contributed by atoms with Crippen LogP contribution in [0.1, 0.15) is 26.9 Å². The fourth-order valence-electron chi connectivity index (χ4n) is 2.32. The Labute approximate surface area is 148 Å². The van der Waals surface area contributed by atoms with Crippen molar-refractivity contribution in [2.24, 2.45) is 0 Å². The first-order valence-electron chi connectivity index (χ1n) is 7.51. The topological polar surface area (TPSA) is 84.2 Å². The van der Waals surface area contributed by atoms with Gasteiger partial charge in [-0.3, -0.25) is 14.3 Å². The molecule has 8 heteroatoms. The van der Waals surface area contributed by atoms with Crippen LogP contribution in [0.3, 0.4) is 0 Å². The summed E-state index contributed by atoms with van der Waals surface area (Å²) in [4.78, 5) is 22.9. The molecule has 0 bridgehead atoms. The second-order valence-electron chi connectivity index (χ2n) is 5.30. The summed E-state index contributed by atoms with van der Waals surface area (Å²) in [5, 5.41) is 15.4. The zero-order chi connectivity index (χ0) is 16.9. The number of aliphatic carboxylic acids is 1. The zero-order valence-electron chi connectivity index (χ0n) is 12.8. The molecular weight excluding hydrogens is 346 g/mol. The predicted molar refractivity (Wildman–Crippen MR) is 96.5 cm³/mol. The second-order valence-corrected chi connectivity index (χ2v) is 8.02. The van der Waals surface area contributed by atoms with E-state index in [1.54, 1.807) is 6.07 Å². The number of benzene rings is 1. The average Bonchev–Trinajstić information content (AvgIpc) is 3.02. The molecule has 0 spiro atoms. The lowest BCUT2D eigenvalue weighted by Crippen LogP contribution is -2.14. The number of anilines is 1. The molecular formula is C16H17N3O3S2. The summed E-state index contributed by atoms with van der Waals surface area (Å²) in [5.41, 5.74) is 1.78. The van der Waals surface area contributed by atoms with Gasteiger partial charge in [0.05, 0.1) is 4.58 Å². The Bertz CT molecular complexity index is 724. The van der Waals surface area contributed by atoms with E-state index in [4.69, 9.17) is 5.11 Å². The van der Waals surface area contributed by atoms with E-state index in [1.165, 1.54) is 34.4 Å². The van der Waals surface area contributed by atoms with E-state index in [0.717, 1.165) is 0 Å². The molecule has 0 atom stereocenters. The summed E-state index contributed by atoms with van der Waals surface area (Å²) >= 11 is 3.88. The molecule has 126 valence electrons. The number of thioether (sulfide) groups is 2. The first kappa shape index (κ1) is 16.9. The van der Waals surface area contributed by atoms with Gasteiger partial charge in [0.15, 0.2) is 5.82 Å². The van der Waals surface area contributed by atoms with Gasteiger partial charge in [0.1, 0.15) is 6.54 Å². The van der Waals surface area contributed by atoms with Gasteiger partial charge < -0.3 is 10.4 Å². The van der Waals surface area contributed by atoms with Crippen molar-refractivity contribution in [3.8, 4) is 0 Å². The minimum Gasteiger partial charge on any atom is -0.480 e. The molecule has 1 aliphatic rings. The lowest BCUT2D eigenvalue weighted by Gasteiger charge is -2.21. The molecule has 1 aliphatic heterocycles. The molecule has 6 nitrogen and oxygen atoms in total. The molecule has 1 aromatic heterocycles. The largest absolute Gasteiger partial charge is 0.480 e. The third kappa shape index (κ3) is 4.33. The van der Waals surface area contributed by atoms with Crippen LogP contribution in [0.25, 0.3) is 0 Å². The lowest BCUT2D eigenvalue weighted by atomic mass is 10.1. The maximum atomic E-state index is 12.2. The monoisotopic (exact) mass is 363 g/mol. The van der Waals surface area contributed by atoms with Crippen molar-refractivity contribution in [1.29, 1.82) is 0 Å². The molecule has 1 aromatic carbocycles. The van der Waals surface area contributed by atoms with Crippen LogP contribution < -0.4 is 5.32 Å². The van der Waals surface area contributed by atoms with Gasteiger partial charge in [-0.1, -0.05) is 12.1 Å². The fourth-order valence-corrected chi connectivity index (χ4v) is 5.21. The molecule has 0 unspecified atom stereocenters. The van der Waals surface area contributed by atoms with E-state index in [2.05, 4.69) is 10.4 Å². The molecule has 24 heavy (non-hydrogen) atoms. The van der Waals surface area contributed by atoms with E-state index in [1.807, 2.05) is 47.8 Å². The van der Waals surface area contributed by atoms with E-state index in [0.29, 0.717) is 16.0 Å². The Balaban J connectivity index is 1.62. The molecule has 0 aliphatic carbocycles. The maximum absolute atomic E-state index is 12.2. The Morgan fingerprint density at radius 1 is 1.21 bits per heavy atom. The third-order valence-electron chi connectivity index (χ3n) is 3.45. The molecule has 2 N–H and O–H groups in total. The van der Waals surface area contributed by atoms with Gasteiger partial charge in [0, 0.05) is 17.8 Å². The van der Waals surface area contributed by atoms with E-state index in [9.17, 15) is 9.59 Å². The number of hydrogen-bond donors (Lipinski definition) is 2. The molecule has 1 saturated heterocycles. The minimum atomic E-state index is -0.981. The maximum Gasteiger partial charge on any atom is 0.325 e. The first-order chi connectivity index (χ1) is 11.6. The second kappa shape index (κ2) is 7.76. The summed E-state index contributed by atoms with van der Waals surface area (Å²) in [6, 6.07) is 9.19. The third-order valence-corrected chi connectivity index (χ3v) is 6.47. The van der Waals surface area contributed by atoms with Crippen LogP contribution in [-0.2, 0) is 11.3 Å². The van der Waals surface area contributed by atoms with Crippen molar-refractivity contribution in [1.82, 2.24) is 9.78 Å². The molecule has 0 radical (unpaired) electrons. The van der Waals surface area contributed by atoms with Gasteiger partial charge in [0.25, 0.3) is 5.91 Å². The van der Waals surface area contributed by atoms with Crippen molar-refractivity contribution in [3.05, 3.63) is 47.7 Å². The highest BCUT2D eigenvalue weighted by atomic mass is 32.2. The summed E-state index contributed by atoms with van der Waals surface area (Å²) < 4.78 is 1.71. The number of carbonyl (C=O) groups is 2. The lowest BCUT2D eigenvalue weighted by molar-refractivity contribution is -0.137. The highest BCUT2D eigenvalue weighted by Crippen LogP contribution is 2.43. The normalized spacial score (nSPS) is 15.2. The summed E-state index contributed by atoms with van der Waals surface area (Å²) in [6.45, 7) is -0.235. The standard InChI is InChI=1S/C16H17N3O3S2/c20-14(21)10-19-7-6-13(18-19)17-15(22)11-2-4-12(5-3-11)16-23-8-1-9-24-16/h2-7,16H,1,8-10H2,(H,20,21)(H,17,18,22). The van der Waals surface area contributed by atoms with Gasteiger partial charge in [-0.2, -0.15) is 5.10 Å². The molecule has 2 aromatic rings. The van der Waals surface area contributed by atoms with Crippen LogP contribution in [-0.4, -0.2) is 38.3 Å². The van der Waals surface area contributed by atoms with Gasteiger partial charge in [0.2, 0.25) is 0 Å². The SMILES string of the molecule is O=C(O)Cn1ccc(NC(=O)c2ccc(C3SCCCS3)cc2)n1. The van der Waals surface area contributed by atoms with Crippen molar-refractivity contribution in [2.45, 2.75) is 17.5 Å². The van der Waals surface area contributed by atoms with E-state index < -0.39 is 5.97 Å². The number of carboxylic acids is 1. The molecule has 1 fully saturated rings. The van der Waals surface area contributed by atoms with Crippen LogP contribution in [0.4, 0.5) is 5.82 Å². The summed E-state index contributed by atoms with van der Waals surface area (Å²) in [7, 11) is 0. The van der Waals surface area contributed by atoms with Crippen LogP contribution >= 0.6 is 23.5 Å². The number of aromatic nitrogens is 2. The number of carboxylic acid groups (broad SMARTS) is 1. The number of amides is 1. The molecule has 0 saturated carbocycles. The van der Waals surface area contributed by atoms with Crippen molar-refractivity contribution < 1.29 is 14.7 Å². The predicted octanol–water partition coefficient (Wildman–Crippen LogP) is 3.09. The van der Waals surface area contributed by atoms with Gasteiger partial charge in [-0.15, -0.1) is 23.5 Å². The van der Waals surface area contributed by atoms with Crippen LogP contribution in [0.2, 0.25) is 0 Å². The van der Waals surface area contributed by atoms with Crippen molar-refractivity contribution in [2.75, 3.05) is 16.8 Å². The van der Waals surface area contributed by atoms with E-state index in [-0.39, 0.29) is 12.5 Å². The molecule has 1 amide bonds. The number of nitrogens with zero attached hydrogens (tertiary/aromatic N) is 2. The van der Waals surface area contributed by atoms with Crippen molar-refractivity contribution in [3.63, 3.8) is 0 Å². The van der Waals surface area contributed by atoms with Gasteiger partial charge in [-0.05, 0) is 35.6 Å². The Hall–Kier alpha value is -1.93. The van der Waals surface area contributed by atoms with E-state index >= 15 is 0 Å². The Kier molecular flexibility index (Phi) is 5.47. The van der Waals surface area contributed by atoms with Crippen LogP contribution in [0.5, 0.6) is 0 Å². The minimum absolute atomic E-state index is 0.235. The quantitative estimate of drug-likeness (QED) is 0.849. The molecule has 3 rings (SSSR count).